The van der Waals surface area contributed by atoms with Crippen LogP contribution >= 0.6 is 0 Å². The third-order valence-electron chi connectivity index (χ3n) is 2.54. The molecule has 0 amide bonds. The Morgan fingerprint density at radius 3 is 2.60 bits per heavy atom. The minimum Gasteiger partial charge on any atom is -0.467 e. The molecule has 0 aliphatic heterocycles. The molecule has 0 aromatic rings. The highest BCUT2D eigenvalue weighted by molar-refractivity contribution is 5.70. The molecule has 1 aliphatic rings. The highest BCUT2D eigenvalue weighted by atomic mass is 16.6. The molecule has 1 rings (SSSR count). The molecular weight excluding hydrogens is 198 g/mol. The third kappa shape index (κ3) is 4.23. The van der Waals surface area contributed by atoms with Gasteiger partial charge in [-0.25, -0.2) is 14.6 Å². The normalized spacial score (nSPS) is 25.4. The summed E-state index contributed by atoms with van der Waals surface area (Å²) in [5.74, 6) is -0.358. The van der Waals surface area contributed by atoms with Crippen molar-refractivity contribution in [2.45, 2.75) is 37.8 Å². The van der Waals surface area contributed by atoms with E-state index in [4.69, 9.17) is 4.74 Å². The van der Waals surface area contributed by atoms with Gasteiger partial charge in [0.25, 0.3) is 0 Å². The van der Waals surface area contributed by atoms with E-state index < -0.39 is 0 Å². The minimum absolute atomic E-state index is 0.00276. The molecule has 5 heteroatoms. The van der Waals surface area contributed by atoms with Crippen LogP contribution in [0.3, 0.4) is 0 Å². The number of aliphatic imine (C=N–C) groups is 1. The summed E-state index contributed by atoms with van der Waals surface area (Å²) in [7, 11) is 1.33. The quantitative estimate of drug-likeness (QED) is 0.394. The number of carbonyl (C=O) groups is 1. The monoisotopic (exact) mass is 213 g/mol. The first-order chi connectivity index (χ1) is 7.26. The van der Waals surface area contributed by atoms with Crippen molar-refractivity contribution in [1.29, 1.82) is 0 Å². The van der Waals surface area contributed by atoms with Gasteiger partial charge in [-0.2, -0.15) is 0 Å². The van der Waals surface area contributed by atoms with Crippen molar-refractivity contribution in [3.8, 4) is 0 Å². The largest absolute Gasteiger partial charge is 0.467 e. The molecule has 84 valence electrons. The molecule has 0 bridgehead atoms. The standard InChI is InChI=1S/C10H15NO4/c1-14-10(13)6-15-9-4-2-8(3-5-9)11-7-12/h8-9H,2-6H2,1H3. The number of ether oxygens (including phenoxy) is 2. The molecule has 1 saturated carbocycles. The van der Waals surface area contributed by atoms with Gasteiger partial charge in [0.05, 0.1) is 19.3 Å². The van der Waals surface area contributed by atoms with Crippen molar-refractivity contribution in [2.75, 3.05) is 13.7 Å². The fourth-order valence-corrected chi connectivity index (χ4v) is 1.66. The third-order valence-corrected chi connectivity index (χ3v) is 2.54. The lowest BCUT2D eigenvalue weighted by Crippen LogP contribution is -2.26. The second-order valence-electron chi connectivity index (χ2n) is 3.54. The van der Waals surface area contributed by atoms with E-state index >= 15 is 0 Å². The molecular formula is C10H15NO4. The van der Waals surface area contributed by atoms with Crippen LogP contribution in [0.4, 0.5) is 0 Å². The number of hydrogen-bond donors (Lipinski definition) is 0. The van der Waals surface area contributed by atoms with E-state index in [-0.39, 0.29) is 24.7 Å². The van der Waals surface area contributed by atoms with Crippen LogP contribution in [-0.2, 0) is 19.1 Å². The number of isocyanates is 1. The fraction of sp³-hybridized carbons (Fsp3) is 0.800. The van der Waals surface area contributed by atoms with Gasteiger partial charge in [-0.15, -0.1) is 0 Å². The molecule has 0 atom stereocenters. The van der Waals surface area contributed by atoms with Gasteiger partial charge in [-0.3, -0.25) is 0 Å². The van der Waals surface area contributed by atoms with E-state index in [2.05, 4.69) is 9.73 Å². The maximum atomic E-state index is 10.8. The predicted molar refractivity (Wildman–Crippen MR) is 52.1 cm³/mol. The smallest absolute Gasteiger partial charge is 0.331 e. The Bertz CT molecular complexity index is 252. The van der Waals surface area contributed by atoms with Crippen LogP contribution in [0.2, 0.25) is 0 Å². The molecule has 0 heterocycles. The Balaban J connectivity index is 2.20. The van der Waals surface area contributed by atoms with E-state index in [1.54, 1.807) is 6.08 Å². The summed E-state index contributed by atoms with van der Waals surface area (Å²) in [5, 5.41) is 0. The Morgan fingerprint density at radius 1 is 1.40 bits per heavy atom. The van der Waals surface area contributed by atoms with E-state index in [0.717, 1.165) is 25.7 Å². The van der Waals surface area contributed by atoms with Gasteiger partial charge in [0.2, 0.25) is 6.08 Å². The fourth-order valence-electron chi connectivity index (χ4n) is 1.66. The van der Waals surface area contributed by atoms with Gasteiger partial charge in [0.15, 0.2) is 0 Å². The van der Waals surface area contributed by atoms with Crippen molar-refractivity contribution >= 4 is 12.0 Å². The van der Waals surface area contributed by atoms with Gasteiger partial charge >= 0.3 is 5.97 Å². The molecule has 1 aliphatic carbocycles. The maximum absolute atomic E-state index is 10.8. The van der Waals surface area contributed by atoms with Crippen LogP contribution in [0.15, 0.2) is 4.99 Å². The first kappa shape index (κ1) is 11.9. The predicted octanol–water partition coefficient (Wildman–Crippen LogP) is 0.823. The summed E-state index contributed by atoms with van der Waals surface area (Å²) in [6, 6.07) is 0.0838. The van der Waals surface area contributed by atoms with Crippen LogP contribution in [0.1, 0.15) is 25.7 Å². The van der Waals surface area contributed by atoms with Gasteiger partial charge in [-0.1, -0.05) is 0 Å². The number of rotatable bonds is 4. The Kier molecular flexibility index (Phi) is 5.01. The number of esters is 1. The van der Waals surface area contributed by atoms with E-state index in [9.17, 15) is 9.59 Å². The summed E-state index contributed by atoms with van der Waals surface area (Å²) < 4.78 is 9.81. The average Bonchev–Trinajstić information content (AvgIpc) is 2.28. The number of carbonyl (C=O) groups excluding carboxylic acids is 2. The van der Waals surface area contributed by atoms with Crippen LogP contribution in [-0.4, -0.2) is 37.9 Å². The molecule has 5 nitrogen and oxygen atoms in total. The Morgan fingerprint density at radius 2 is 2.07 bits per heavy atom. The zero-order valence-electron chi connectivity index (χ0n) is 8.77. The molecule has 0 saturated heterocycles. The maximum Gasteiger partial charge on any atom is 0.331 e. The second-order valence-corrected chi connectivity index (χ2v) is 3.54. The topological polar surface area (TPSA) is 65.0 Å². The van der Waals surface area contributed by atoms with Crippen molar-refractivity contribution in [3.05, 3.63) is 0 Å². The molecule has 15 heavy (non-hydrogen) atoms. The summed E-state index contributed by atoms with van der Waals surface area (Å²) in [5.41, 5.74) is 0. The van der Waals surface area contributed by atoms with Gasteiger partial charge in [-0.05, 0) is 25.7 Å². The van der Waals surface area contributed by atoms with Crippen molar-refractivity contribution in [3.63, 3.8) is 0 Å². The average molecular weight is 213 g/mol. The van der Waals surface area contributed by atoms with Crippen LogP contribution in [0.5, 0.6) is 0 Å². The zero-order chi connectivity index (χ0) is 11.1. The number of methoxy groups -OCH3 is 1. The van der Waals surface area contributed by atoms with E-state index in [1.807, 2.05) is 0 Å². The molecule has 0 spiro atoms. The summed E-state index contributed by atoms with van der Waals surface area (Å²) >= 11 is 0. The lowest BCUT2D eigenvalue weighted by Gasteiger charge is -2.24. The molecule has 0 unspecified atom stereocenters. The van der Waals surface area contributed by atoms with E-state index in [1.165, 1.54) is 7.11 Å². The number of nitrogens with zero attached hydrogens (tertiary/aromatic N) is 1. The minimum atomic E-state index is -0.358. The van der Waals surface area contributed by atoms with Crippen LogP contribution in [0, 0.1) is 0 Å². The Hall–Kier alpha value is -1.19. The second kappa shape index (κ2) is 6.32. The van der Waals surface area contributed by atoms with E-state index in [0.29, 0.717) is 0 Å². The molecule has 0 aromatic heterocycles. The first-order valence-corrected chi connectivity index (χ1v) is 5.01. The first-order valence-electron chi connectivity index (χ1n) is 5.01. The van der Waals surface area contributed by atoms with Gasteiger partial charge in [0.1, 0.15) is 6.61 Å². The van der Waals surface area contributed by atoms with Crippen LogP contribution < -0.4 is 0 Å². The van der Waals surface area contributed by atoms with Crippen molar-refractivity contribution < 1.29 is 19.1 Å². The lowest BCUT2D eigenvalue weighted by atomic mass is 9.93. The summed E-state index contributed by atoms with van der Waals surface area (Å²) in [4.78, 5) is 24.5. The van der Waals surface area contributed by atoms with Crippen molar-refractivity contribution in [1.82, 2.24) is 0 Å². The highest BCUT2D eigenvalue weighted by Crippen LogP contribution is 2.22. The molecule has 1 fully saturated rings. The molecule has 0 N–H and O–H groups in total. The lowest BCUT2D eigenvalue weighted by molar-refractivity contribution is -0.148. The number of hydrogen-bond acceptors (Lipinski definition) is 5. The summed E-state index contributed by atoms with van der Waals surface area (Å²) in [6.07, 6.45) is 4.95. The zero-order valence-corrected chi connectivity index (χ0v) is 8.77. The van der Waals surface area contributed by atoms with Gasteiger partial charge in [0, 0.05) is 0 Å². The van der Waals surface area contributed by atoms with Crippen LogP contribution in [0.25, 0.3) is 0 Å². The SMILES string of the molecule is COC(=O)COC1CCC(N=C=O)CC1. The Labute approximate surface area is 88.5 Å². The summed E-state index contributed by atoms with van der Waals surface area (Å²) in [6.45, 7) is 0.00276. The van der Waals surface area contributed by atoms with Gasteiger partial charge < -0.3 is 9.47 Å². The highest BCUT2D eigenvalue weighted by Gasteiger charge is 2.21. The molecule has 0 radical (unpaired) electrons. The molecule has 0 aromatic carbocycles. The van der Waals surface area contributed by atoms with Crippen molar-refractivity contribution in [2.24, 2.45) is 4.99 Å².